The van der Waals surface area contributed by atoms with E-state index in [0.717, 1.165) is 37.0 Å². The second kappa shape index (κ2) is 27.9. The van der Waals surface area contributed by atoms with E-state index in [1.54, 1.807) is 0 Å². The van der Waals surface area contributed by atoms with Crippen molar-refractivity contribution in [1.82, 2.24) is 57.7 Å². The summed E-state index contributed by atoms with van der Waals surface area (Å²) in [6.07, 6.45) is -17.7. The number of hydrogen-bond acceptors (Lipinski definition) is 35. The fraction of sp³-hybridized carbons (Fsp3) is 0.543. The Hall–Kier alpha value is -6.97. The summed E-state index contributed by atoms with van der Waals surface area (Å²) in [7, 11) is -21.5. The van der Waals surface area contributed by atoms with Crippen molar-refractivity contribution in [1.29, 1.82) is 0 Å². The minimum Gasteiger partial charge on any atom is -0.394 e. The van der Waals surface area contributed by atoms with Crippen molar-refractivity contribution in [3.63, 3.8) is 0 Å². The highest BCUT2D eigenvalue weighted by Gasteiger charge is 2.50. The summed E-state index contributed by atoms with van der Waals surface area (Å²) in [5.41, 5.74) is 23.6. The Morgan fingerprint density at radius 2 is 0.768 bits per heavy atom. The molecule has 5 saturated heterocycles. The highest BCUT2D eigenvalue weighted by molar-refractivity contribution is 7.48. The molecule has 0 amide bonds. The number of imidazole rings is 1. The van der Waals surface area contributed by atoms with Crippen LogP contribution in [0.5, 0.6) is 0 Å². The van der Waals surface area contributed by atoms with Crippen molar-refractivity contribution < 1.29 is 108 Å². The smallest absolute Gasteiger partial charge is 0.394 e. The van der Waals surface area contributed by atoms with E-state index in [1.807, 2.05) is 0 Å². The van der Waals surface area contributed by atoms with Crippen LogP contribution in [0.3, 0.4) is 0 Å². The SMILES string of the molecule is Nc1ccn([C@H]2C[C@H](OP(=O)(O)OC[C@H]3O[C@@H](n4ccc(N)nc4=O)C[C@@H]3OP(=O)(O)OC[C@H]3O[C@@H](n4ccc(N)nc4=O)C[C@@H]3OP(=O)(O)OC[C@H]3O[C@@H](n4cnc5c(=O)[nH]c(N)nc54)C[C@@H]3OP(=O)(O)OC[C@H]3O[C@@H](n4ccc(N)nc4=O)C[C@@H]3O)[C@@H](CO)O2)c(=O)n1. The number of nitrogens with one attached hydrogen (secondary N) is 1. The minimum absolute atomic E-state index is 0.0829. The van der Waals surface area contributed by atoms with Crippen molar-refractivity contribution in [3.05, 3.63) is 108 Å². The largest absolute Gasteiger partial charge is 0.472 e. The molecular weight excluding hydrogens is 1360 g/mol. The van der Waals surface area contributed by atoms with E-state index in [0.29, 0.717) is 0 Å². The first-order chi connectivity index (χ1) is 44.9. The molecule has 5 aliphatic rings. The van der Waals surface area contributed by atoms with Crippen molar-refractivity contribution in [2.45, 2.75) is 124 Å². The summed E-state index contributed by atoms with van der Waals surface area (Å²) < 4.78 is 133. The number of aliphatic hydroxyl groups excluding tert-OH is 2. The maximum atomic E-state index is 14.1. The van der Waals surface area contributed by atoms with Crippen LogP contribution >= 0.6 is 31.3 Å². The standard InChI is InChI=1S/C46H61N17O28P4/c47-30-1-5-59(43(67)53-30)34-9-20(65)26(84-34)15-79-92(71,72)91-24-13-38(63-19-52-39-40(63)57-42(51)58-41(39)66)87-29(24)18-82-95(77,78)90-23-12-37(62-8-4-33(50)56-46(62)70)86-28(23)17-81-94(75,76)89-22-11-36(61-7-3-32(49)55-45(61)69)85-27(22)16-80-93(73,74)88-21-10-35(83-25(21)14-64)60-6-2-31(48)54-44(60)68/h1-8,19-29,34-38,64-65H,9-18H2,(H,71,72)(H,73,74)(H,75,76)(H,77,78)(H2,47,53,67)(H2,48,54,68)(H2,49,55,69)(H2,50,56,70)(H3,51,57,58,66)/t20-,21-,22-,23-,24-,25+,26+,27+,28+,29+,34+,35+,36+,37+,38+/m0/s1. The van der Waals surface area contributed by atoms with Crippen LogP contribution in [0.15, 0.2) is 79.4 Å². The summed E-state index contributed by atoms with van der Waals surface area (Å²) in [4.78, 5) is 133. The topological polar surface area (TPSA) is 643 Å². The lowest BCUT2D eigenvalue weighted by Crippen LogP contribution is -2.32. The van der Waals surface area contributed by atoms with Gasteiger partial charge in [0.15, 0.2) is 11.2 Å². The van der Waals surface area contributed by atoms with Gasteiger partial charge in [0.1, 0.15) is 109 Å². The molecule has 0 spiro atoms. The first-order valence-corrected chi connectivity index (χ1v) is 34.2. The van der Waals surface area contributed by atoms with Crippen LogP contribution in [-0.2, 0) is 78.1 Å². The van der Waals surface area contributed by atoms with E-state index in [-0.39, 0.29) is 53.2 Å². The molecule has 6 aromatic rings. The zero-order valence-electron chi connectivity index (χ0n) is 48.7. The maximum Gasteiger partial charge on any atom is 0.472 e. The second-order valence-electron chi connectivity index (χ2n) is 21.7. The summed E-state index contributed by atoms with van der Waals surface area (Å²) in [6, 6.07) is 5.01. The zero-order valence-corrected chi connectivity index (χ0v) is 52.3. The number of phosphoric ester groups is 4. The third-order valence-electron chi connectivity index (χ3n) is 15.2. The minimum atomic E-state index is -5.51. The van der Waals surface area contributed by atoms with E-state index in [4.69, 9.17) is 88.5 Å². The van der Waals surface area contributed by atoms with Gasteiger partial charge < -0.3 is 82.1 Å². The molecule has 5 fully saturated rings. The Bertz CT molecular complexity index is 4330. The number of hydrogen-bond donors (Lipinski definition) is 12. The lowest BCUT2D eigenvalue weighted by Gasteiger charge is -2.25. The van der Waals surface area contributed by atoms with Crippen LogP contribution in [0.2, 0.25) is 0 Å². The number of ether oxygens (including phenoxy) is 5. The van der Waals surface area contributed by atoms with E-state index >= 15 is 0 Å². The Morgan fingerprint density at radius 3 is 1.12 bits per heavy atom. The zero-order chi connectivity index (χ0) is 68.1. The molecule has 4 unspecified atom stereocenters. The van der Waals surface area contributed by atoms with Crippen LogP contribution in [0, 0.1) is 0 Å². The molecule has 0 bridgehead atoms. The molecule has 0 radical (unpaired) electrons. The van der Waals surface area contributed by atoms with Gasteiger partial charge in [0, 0.05) is 56.9 Å². The summed E-state index contributed by atoms with van der Waals surface area (Å²) in [5, 5.41) is 20.8. The molecule has 11 heterocycles. The first-order valence-electron chi connectivity index (χ1n) is 28.2. The molecule has 6 aromatic heterocycles. The molecule has 0 saturated carbocycles. The molecule has 11 rings (SSSR count). The number of H-pyrrole nitrogens is 1. The Kier molecular flexibility index (Phi) is 20.4. The van der Waals surface area contributed by atoms with Gasteiger partial charge in [-0.05, 0) is 24.3 Å². The predicted octanol–water partition coefficient (Wildman–Crippen LogP) is -3.14. The number of anilines is 5. The number of rotatable bonds is 26. The monoisotopic (exact) mass is 1420 g/mol. The fourth-order valence-electron chi connectivity index (χ4n) is 10.8. The average Bonchev–Trinajstić information content (AvgIpc) is 1.65. The maximum absolute atomic E-state index is 14.1. The van der Waals surface area contributed by atoms with Crippen LogP contribution in [0.25, 0.3) is 11.2 Å². The van der Waals surface area contributed by atoms with Gasteiger partial charge in [0.05, 0.1) is 45.5 Å². The summed E-state index contributed by atoms with van der Waals surface area (Å²) >= 11 is 0. The Balaban J connectivity index is 0.775. The molecular formula is C46H61N17O28P4. The van der Waals surface area contributed by atoms with Crippen molar-refractivity contribution in [3.8, 4) is 0 Å². The van der Waals surface area contributed by atoms with E-state index < -0.39 is 204 Å². The molecule has 0 aliphatic carbocycles. The number of nitrogens with two attached hydrogens (primary N) is 5. The fourth-order valence-corrected chi connectivity index (χ4v) is 14.6. The Labute approximate surface area is 529 Å². The second-order valence-corrected chi connectivity index (χ2v) is 27.3. The van der Waals surface area contributed by atoms with Crippen molar-refractivity contribution in [2.75, 3.05) is 61.7 Å². The van der Waals surface area contributed by atoms with Crippen LogP contribution < -0.4 is 57.0 Å². The van der Waals surface area contributed by atoms with Gasteiger partial charge in [-0.1, -0.05) is 0 Å². The number of nitrogen functional groups attached to an aromatic ring is 5. The van der Waals surface area contributed by atoms with E-state index in [9.17, 15) is 72.0 Å². The number of phosphoric acid groups is 4. The average molecular weight is 1420 g/mol. The third kappa shape index (κ3) is 16.4. The normalized spacial score (nSPS) is 30.3. The van der Waals surface area contributed by atoms with Gasteiger partial charge >= 0.3 is 54.0 Å². The number of fused-ring (bicyclic) bond motifs is 1. The highest BCUT2D eigenvalue weighted by Crippen LogP contribution is 2.55. The third-order valence-corrected chi connectivity index (χ3v) is 19.2. The van der Waals surface area contributed by atoms with Gasteiger partial charge in [-0.3, -0.25) is 68.8 Å². The molecule has 0 aromatic carbocycles. The Morgan fingerprint density at radius 1 is 0.463 bits per heavy atom. The number of nitrogens with zero attached hydrogens (tertiary/aromatic N) is 11. The lowest BCUT2D eigenvalue weighted by molar-refractivity contribution is -0.0646. The van der Waals surface area contributed by atoms with Gasteiger partial charge in [0.2, 0.25) is 5.95 Å². The molecule has 95 heavy (non-hydrogen) atoms. The van der Waals surface area contributed by atoms with E-state index in [2.05, 4.69) is 34.9 Å². The summed E-state index contributed by atoms with van der Waals surface area (Å²) in [6.45, 7) is -4.63. The lowest BCUT2D eigenvalue weighted by atomic mass is 10.2. The molecule has 17 N–H and O–H groups in total. The molecule has 49 heteroatoms. The van der Waals surface area contributed by atoms with Crippen molar-refractivity contribution >= 4 is 71.7 Å². The van der Waals surface area contributed by atoms with Gasteiger partial charge in [0.25, 0.3) is 5.56 Å². The first kappa shape index (κ1) is 69.4. The van der Waals surface area contributed by atoms with Gasteiger partial charge in [-0.15, -0.1) is 0 Å². The quantitative estimate of drug-likeness (QED) is 0.0239. The van der Waals surface area contributed by atoms with Crippen molar-refractivity contribution in [2.24, 2.45) is 0 Å². The number of aromatic nitrogens is 12. The number of aromatic amines is 1. The summed E-state index contributed by atoms with van der Waals surface area (Å²) in [5.74, 6) is -0.925. The van der Waals surface area contributed by atoms with Gasteiger partial charge in [-0.2, -0.15) is 24.9 Å². The van der Waals surface area contributed by atoms with Crippen LogP contribution in [0.4, 0.5) is 29.2 Å². The highest BCUT2D eigenvalue weighted by atomic mass is 31.2. The molecule has 45 nitrogen and oxygen atoms in total. The molecule has 518 valence electrons. The molecule has 19 atom stereocenters. The van der Waals surface area contributed by atoms with Gasteiger partial charge in [-0.25, -0.2) is 42.4 Å². The van der Waals surface area contributed by atoms with E-state index in [1.165, 1.54) is 41.2 Å². The molecule has 5 aliphatic heterocycles. The van der Waals surface area contributed by atoms with Crippen LogP contribution in [-0.4, -0.2) is 182 Å². The van der Waals surface area contributed by atoms with Crippen LogP contribution in [0.1, 0.15) is 63.2 Å². The predicted molar refractivity (Wildman–Crippen MR) is 313 cm³/mol. The number of aliphatic hydroxyl groups is 2.